The molecule has 4 heteroatoms. The molecule has 0 spiro atoms. The van der Waals surface area contributed by atoms with Crippen LogP contribution >= 0.6 is 0 Å². The number of nitrogens with zero attached hydrogens (tertiary/aromatic N) is 2. The topological polar surface area (TPSA) is 30.5 Å². The lowest BCUT2D eigenvalue weighted by atomic mass is 9.92. The molecule has 10 aromatic carbocycles. The van der Waals surface area contributed by atoms with Gasteiger partial charge in [-0.05, 0) is 99.1 Å². The maximum absolute atomic E-state index is 6.77. The number of para-hydroxylation sites is 4. The summed E-state index contributed by atoms with van der Waals surface area (Å²) in [6.07, 6.45) is -0.280. The predicted molar refractivity (Wildman–Crippen MR) is 279 cm³/mol. The van der Waals surface area contributed by atoms with Crippen molar-refractivity contribution < 1.29 is 9.15 Å². The summed E-state index contributed by atoms with van der Waals surface area (Å²) in [5.74, 6) is 1.77. The van der Waals surface area contributed by atoms with E-state index in [1.54, 1.807) is 0 Å². The Morgan fingerprint density at radius 3 is 1.44 bits per heavy atom. The molecule has 2 aliphatic heterocycles. The van der Waals surface area contributed by atoms with Gasteiger partial charge in [-0.25, -0.2) is 0 Å². The highest BCUT2D eigenvalue weighted by atomic mass is 16.5. The van der Waals surface area contributed by atoms with E-state index in [0.717, 1.165) is 67.3 Å². The van der Waals surface area contributed by atoms with Crippen molar-refractivity contribution in [1.29, 1.82) is 0 Å². The van der Waals surface area contributed by atoms with Crippen molar-refractivity contribution in [3.8, 4) is 67.1 Å². The minimum atomic E-state index is -0.280. The van der Waals surface area contributed by atoms with Crippen LogP contribution in [0.3, 0.4) is 0 Å². The van der Waals surface area contributed by atoms with E-state index in [1.807, 2.05) is 6.07 Å². The van der Waals surface area contributed by atoms with Crippen molar-refractivity contribution >= 4 is 44.1 Å². The molecule has 14 rings (SSSR count). The van der Waals surface area contributed by atoms with Gasteiger partial charge in [-0.2, -0.15) is 0 Å². The van der Waals surface area contributed by atoms with Gasteiger partial charge in [0.05, 0.1) is 22.4 Å². The van der Waals surface area contributed by atoms with Gasteiger partial charge in [-0.3, -0.25) is 0 Å². The Morgan fingerprint density at radius 1 is 0.353 bits per heavy atom. The summed E-state index contributed by atoms with van der Waals surface area (Å²) in [5, 5.41) is 3.47. The lowest BCUT2D eigenvalue weighted by Crippen LogP contribution is -2.21. The third kappa shape index (κ3) is 5.87. The quantitative estimate of drug-likeness (QED) is 0.160. The highest BCUT2D eigenvalue weighted by Crippen LogP contribution is 2.62. The zero-order valence-electron chi connectivity index (χ0n) is 37.0. The zero-order valence-corrected chi connectivity index (χ0v) is 37.0. The molecular formula is C64H42N2O2. The molecule has 4 heterocycles. The summed E-state index contributed by atoms with van der Waals surface area (Å²) in [6, 6.07) is 87.5. The minimum absolute atomic E-state index is 0.0968. The highest BCUT2D eigenvalue weighted by Gasteiger charge is 2.51. The maximum atomic E-state index is 6.77. The molecule has 2 atom stereocenters. The summed E-state index contributed by atoms with van der Waals surface area (Å²) in [4.78, 5) is 2.49. The Morgan fingerprint density at radius 2 is 0.824 bits per heavy atom. The van der Waals surface area contributed by atoms with Gasteiger partial charge in [0.2, 0.25) is 0 Å². The second-order valence-electron chi connectivity index (χ2n) is 17.9. The van der Waals surface area contributed by atoms with E-state index in [-0.39, 0.29) is 12.1 Å². The molecule has 320 valence electrons. The van der Waals surface area contributed by atoms with Gasteiger partial charge in [0.25, 0.3) is 0 Å². The van der Waals surface area contributed by atoms with Gasteiger partial charge in [0.15, 0.2) is 11.9 Å². The van der Waals surface area contributed by atoms with Gasteiger partial charge in [0, 0.05) is 38.5 Å². The summed E-state index contributed by atoms with van der Waals surface area (Å²) in [6.45, 7) is 0. The van der Waals surface area contributed by atoms with Crippen molar-refractivity contribution in [3.63, 3.8) is 0 Å². The number of benzene rings is 10. The van der Waals surface area contributed by atoms with Crippen LogP contribution in [0.15, 0.2) is 247 Å². The fourth-order valence-corrected chi connectivity index (χ4v) is 11.2. The Bertz CT molecular complexity index is 3780. The predicted octanol–water partition coefficient (Wildman–Crippen LogP) is 17.2. The SMILES string of the molecule is c1ccc(-c2ccccc2-c2ccc3c(c2)c2cc(-c4ccccc4-c4ccccc4)ccc2n3-c2ccccc2-c2ccccc2N2c3c(oc4ccccc34)C3Oc4ccccc4C32)cc1. The number of furan rings is 1. The van der Waals surface area contributed by atoms with Crippen molar-refractivity contribution in [2.45, 2.75) is 12.1 Å². The normalized spacial score (nSPS) is 14.9. The first kappa shape index (κ1) is 38.4. The van der Waals surface area contributed by atoms with Crippen molar-refractivity contribution in [1.82, 2.24) is 4.57 Å². The van der Waals surface area contributed by atoms with Crippen LogP contribution in [0.2, 0.25) is 0 Å². The third-order valence-electron chi connectivity index (χ3n) is 14.2. The molecule has 0 aliphatic carbocycles. The van der Waals surface area contributed by atoms with Gasteiger partial charge in [-0.1, -0.05) is 188 Å². The van der Waals surface area contributed by atoms with Gasteiger partial charge < -0.3 is 18.6 Å². The number of fused-ring (bicyclic) bond motifs is 10. The first-order valence-electron chi connectivity index (χ1n) is 23.4. The molecule has 12 aromatic rings. The van der Waals surface area contributed by atoms with Crippen LogP contribution in [0.1, 0.15) is 23.5 Å². The van der Waals surface area contributed by atoms with Crippen LogP contribution in [0, 0.1) is 0 Å². The van der Waals surface area contributed by atoms with E-state index in [2.05, 4.69) is 246 Å². The average molecular weight is 871 g/mol. The largest absolute Gasteiger partial charge is 0.479 e. The van der Waals surface area contributed by atoms with Crippen LogP contribution in [-0.4, -0.2) is 4.57 Å². The lowest BCUT2D eigenvalue weighted by molar-refractivity contribution is 0.196. The molecule has 2 aliphatic rings. The molecule has 2 aromatic heterocycles. The summed E-state index contributed by atoms with van der Waals surface area (Å²) >= 11 is 0. The summed E-state index contributed by atoms with van der Waals surface area (Å²) in [7, 11) is 0. The van der Waals surface area contributed by atoms with E-state index >= 15 is 0 Å². The van der Waals surface area contributed by atoms with Crippen molar-refractivity contribution in [2.75, 3.05) is 4.90 Å². The van der Waals surface area contributed by atoms with Crippen LogP contribution in [0.25, 0.3) is 94.1 Å². The molecule has 2 unspecified atom stereocenters. The smallest absolute Gasteiger partial charge is 0.183 e. The summed E-state index contributed by atoms with van der Waals surface area (Å²) in [5.41, 5.74) is 19.4. The van der Waals surface area contributed by atoms with Crippen LogP contribution < -0.4 is 9.64 Å². The van der Waals surface area contributed by atoms with E-state index in [1.165, 1.54) is 55.3 Å². The molecular weight excluding hydrogens is 829 g/mol. The fraction of sp³-hybridized carbons (Fsp3) is 0.0312. The molecule has 0 radical (unpaired) electrons. The van der Waals surface area contributed by atoms with E-state index in [9.17, 15) is 0 Å². The molecule has 0 bridgehead atoms. The molecule has 0 fully saturated rings. The molecule has 0 saturated carbocycles. The minimum Gasteiger partial charge on any atom is -0.479 e. The maximum Gasteiger partial charge on any atom is 0.183 e. The standard InChI is InChI=1S/C64H42N2O2/c1-3-19-41(20-4-1)45-23-7-9-25-47(45)43-35-37-57-53(39-43)54-40-44(48-26-10-8-24-46(48)42-21-5-2-6-22-42)36-38-58(54)65(57)55-31-15-11-27-49(55)50-28-12-16-32-56(50)66-61-51-29-13-17-33-59(51)67-63(61)64-62(66)52-30-14-18-34-60(52)68-64/h1-40,61,63H. The highest BCUT2D eigenvalue weighted by molar-refractivity contribution is 6.13. The zero-order chi connectivity index (χ0) is 44.7. The number of hydrogen-bond acceptors (Lipinski definition) is 3. The Kier molecular flexibility index (Phi) is 8.68. The summed E-state index contributed by atoms with van der Waals surface area (Å²) < 4.78 is 16.0. The van der Waals surface area contributed by atoms with Crippen LogP contribution in [0.4, 0.5) is 11.4 Å². The molecule has 68 heavy (non-hydrogen) atoms. The lowest BCUT2D eigenvalue weighted by Gasteiger charge is -2.29. The number of ether oxygens (including phenoxy) is 1. The molecule has 0 saturated heterocycles. The van der Waals surface area contributed by atoms with Crippen LogP contribution in [0.5, 0.6) is 5.75 Å². The van der Waals surface area contributed by atoms with E-state index in [4.69, 9.17) is 9.15 Å². The van der Waals surface area contributed by atoms with Crippen molar-refractivity contribution in [3.05, 3.63) is 254 Å². The Balaban J connectivity index is 0.999. The number of hydrogen-bond donors (Lipinski definition) is 0. The monoisotopic (exact) mass is 870 g/mol. The fourth-order valence-electron chi connectivity index (χ4n) is 11.2. The molecule has 4 nitrogen and oxygen atoms in total. The molecule has 0 amide bonds. The van der Waals surface area contributed by atoms with Gasteiger partial charge >= 0.3 is 0 Å². The van der Waals surface area contributed by atoms with E-state index in [0.29, 0.717) is 0 Å². The number of rotatable bonds is 7. The molecule has 0 N–H and O–H groups in total. The number of anilines is 2. The third-order valence-corrected chi connectivity index (χ3v) is 14.2. The Hall–Kier alpha value is -8.86. The average Bonchev–Trinajstić information content (AvgIpc) is 4.16. The second-order valence-corrected chi connectivity index (χ2v) is 17.9. The first-order chi connectivity index (χ1) is 33.8. The van der Waals surface area contributed by atoms with E-state index < -0.39 is 0 Å². The van der Waals surface area contributed by atoms with Crippen LogP contribution in [-0.2, 0) is 0 Å². The van der Waals surface area contributed by atoms with Gasteiger partial charge in [0.1, 0.15) is 17.4 Å². The number of aromatic nitrogens is 1. The van der Waals surface area contributed by atoms with Gasteiger partial charge in [-0.15, -0.1) is 0 Å². The first-order valence-corrected chi connectivity index (χ1v) is 23.4. The Labute approximate surface area is 394 Å². The second kappa shape index (κ2) is 15.4. The van der Waals surface area contributed by atoms with Crippen molar-refractivity contribution in [2.24, 2.45) is 0 Å².